The Balaban J connectivity index is 1.59. The average molecular weight is 402 g/mol. The van der Waals surface area contributed by atoms with Gasteiger partial charge >= 0.3 is 0 Å². The van der Waals surface area contributed by atoms with E-state index in [1.54, 1.807) is 16.8 Å². The highest BCUT2D eigenvalue weighted by Gasteiger charge is 2.19. The number of nitrogens with one attached hydrogen (secondary N) is 1. The summed E-state index contributed by atoms with van der Waals surface area (Å²) in [6.07, 6.45) is 0. The third-order valence-electron chi connectivity index (χ3n) is 4.11. The molecule has 1 aromatic heterocycles. The van der Waals surface area contributed by atoms with E-state index in [4.69, 9.17) is 11.6 Å². The first-order chi connectivity index (χ1) is 13.0. The molecule has 0 radical (unpaired) electrons. The van der Waals surface area contributed by atoms with Gasteiger partial charge in [-0.25, -0.2) is 0 Å². The zero-order valence-electron chi connectivity index (χ0n) is 15.0. The second-order valence-electron chi connectivity index (χ2n) is 6.17. The molecule has 6 nitrogen and oxygen atoms in total. The summed E-state index contributed by atoms with van der Waals surface area (Å²) in [5, 5.41) is 15.6. The Morgan fingerprint density at radius 2 is 1.85 bits per heavy atom. The van der Waals surface area contributed by atoms with E-state index in [2.05, 4.69) is 39.9 Å². The second kappa shape index (κ2) is 9.01. The van der Waals surface area contributed by atoms with Crippen molar-refractivity contribution in [2.45, 2.75) is 30.2 Å². The summed E-state index contributed by atoms with van der Waals surface area (Å²) in [5.74, 6) is 0.195. The Bertz CT molecular complexity index is 885. The highest BCUT2D eigenvalue weighted by molar-refractivity contribution is 8.00. The lowest BCUT2D eigenvalue weighted by atomic mass is 10.0. The molecule has 3 aromatic rings. The van der Waals surface area contributed by atoms with Crippen molar-refractivity contribution >= 4 is 29.3 Å². The smallest absolute Gasteiger partial charge is 0.233 e. The quantitative estimate of drug-likeness (QED) is 0.611. The standard InChI is InChI=1S/C19H20ClN5OS/c1-13(15-6-4-3-5-7-15)12-21-18(26)14(2)27-19-22-23-24-25(19)17-10-8-16(20)9-11-17/h3-11,13-14H,12H2,1-2H3,(H,21,26). The van der Waals surface area contributed by atoms with Crippen LogP contribution in [0.4, 0.5) is 0 Å². The number of benzene rings is 2. The Labute approximate surface area is 167 Å². The van der Waals surface area contributed by atoms with Crippen LogP contribution in [0.3, 0.4) is 0 Å². The van der Waals surface area contributed by atoms with E-state index in [1.807, 2.05) is 37.3 Å². The Morgan fingerprint density at radius 1 is 1.15 bits per heavy atom. The van der Waals surface area contributed by atoms with E-state index in [0.717, 1.165) is 5.69 Å². The van der Waals surface area contributed by atoms with Crippen LogP contribution in [0.25, 0.3) is 5.69 Å². The first-order valence-electron chi connectivity index (χ1n) is 8.58. The molecule has 2 aromatic carbocycles. The van der Waals surface area contributed by atoms with Gasteiger partial charge in [0, 0.05) is 11.6 Å². The Morgan fingerprint density at radius 3 is 2.56 bits per heavy atom. The minimum Gasteiger partial charge on any atom is -0.355 e. The summed E-state index contributed by atoms with van der Waals surface area (Å²) in [6.45, 7) is 4.51. The summed E-state index contributed by atoms with van der Waals surface area (Å²) >= 11 is 7.24. The van der Waals surface area contributed by atoms with E-state index < -0.39 is 0 Å². The summed E-state index contributed by atoms with van der Waals surface area (Å²) in [4.78, 5) is 12.5. The van der Waals surface area contributed by atoms with E-state index in [-0.39, 0.29) is 17.1 Å². The van der Waals surface area contributed by atoms with Crippen LogP contribution in [-0.4, -0.2) is 37.9 Å². The number of halogens is 1. The van der Waals surface area contributed by atoms with Gasteiger partial charge < -0.3 is 5.32 Å². The number of thioether (sulfide) groups is 1. The van der Waals surface area contributed by atoms with Crippen molar-refractivity contribution in [3.05, 3.63) is 65.2 Å². The van der Waals surface area contributed by atoms with E-state index >= 15 is 0 Å². The minimum atomic E-state index is -0.329. The van der Waals surface area contributed by atoms with E-state index in [0.29, 0.717) is 16.7 Å². The maximum Gasteiger partial charge on any atom is 0.233 e. The molecule has 0 spiro atoms. The normalized spacial score (nSPS) is 13.1. The molecule has 1 N–H and O–H groups in total. The van der Waals surface area contributed by atoms with Crippen LogP contribution in [0.15, 0.2) is 59.8 Å². The third-order valence-corrected chi connectivity index (χ3v) is 5.40. The second-order valence-corrected chi connectivity index (χ2v) is 7.91. The Hall–Kier alpha value is -2.38. The molecular formula is C19H20ClN5OS. The van der Waals surface area contributed by atoms with Crippen LogP contribution in [0.1, 0.15) is 25.3 Å². The molecule has 0 aliphatic carbocycles. The van der Waals surface area contributed by atoms with Gasteiger partial charge in [-0.05, 0) is 53.1 Å². The van der Waals surface area contributed by atoms with Crippen LogP contribution >= 0.6 is 23.4 Å². The molecule has 27 heavy (non-hydrogen) atoms. The monoisotopic (exact) mass is 401 g/mol. The molecule has 8 heteroatoms. The lowest BCUT2D eigenvalue weighted by Crippen LogP contribution is -2.33. The van der Waals surface area contributed by atoms with Crippen molar-refractivity contribution in [1.29, 1.82) is 0 Å². The van der Waals surface area contributed by atoms with Crippen LogP contribution in [0, 0.1) is 0 Å². The van der Waals surface area contributed by atoms with Gasteiger partial charge in [0.25, 0.3) is 0 Å². The number of amides is 1. The fourth-order valence-corrected chi connectivity index (χ4v) is 3.46. The van der Waals surface area contributed by atoms with Crippen molar-refractivity contribution in [2.75, 3.05) is 6.54 Å². The maximum absolute atomic E-state index is 12.5. The van der Waals surface area contributed by atoms with Crippen LogP contribution in [0.5, 0.6) is 0 Å². The van der Waals surface area contributed by atoms with Crippen molar-refractivity contribution in [3.63, 3.8) is 0 Å². The number of carbonyl (C=O) groups is 1. The number of rotatable bonds is 7. The predicted octanol–water partition coefficient (Wildman–Crippen LogP) is 3.72. The van der Waals surface area contributed by atoms with Gasteiger partial charge in [0.05, 0.1) is 10.9 Å². The lowest BCUT2D eigenvalue weighted by Gasteiger charge is -2.15. The molecule has 2 unspecified atom stereocenters. The summed E-state index contributed by atoms with van der Waals surface area (Å²) in [6, 6.07) is 17.3. The van der Waals surface area contributed by atoms with Gasteiger partial charge in [-0.2, -0.15) is 4.68 Å². The topological polar surface area (TPSA) is 72.7 Å². The predicted molar refractivity (Wildman–Crippen MR) is 107 cm³/mol. The molecule has 0 aliphatic heterocycles. The first-order valence-corrected chi connectivity index (χ1v) is 9.84. The number of carbonyl (C=O) groups excluding carboxylic acids is 1. The van der Waals surface area contributed by atoms with Crippen LogP contribution in [-0.2, 0) is 4.79 Å². The molecule has 140 valence electrons. The maximum atomic E-state index is 12.5. The minimum absolute atomic E-state index is 0.0477. The lowest BCUT2D eigenvalue weighted by molar-refractivity contribution is -0.120. The SMILES string of the molecule is CC(Sc1nnnn1-c1ccc(Cl)cc1)C(=O)NCC(C)c1ccccc1. The molecule has 0 fully saturated rings. The Kier molecular flexibility index (Phi) is 6.47. The molecule has 0 saturated carbocycles. The van der Waals surface area contributed by atoms with Crippen molar-refractivity contribution in [1.82, 2.24) is 25.5 Å². The van der Waals surface area contributed by atoms with Gasteiger partial charge in [-0.15, -0.1) is 5.10 Å². The van der Waals surface area contributed by atoms with Crippen molar-refractivity contribution in [3.8, 4) is 5.69 Å². The summed E-state index contributed by atoms with van der Waals surface area (Å²) < 4.78 is 1.59. The summed E-state index contributed by atoms with van der Waals surface area (Å²) in [5.41, 5.74) is 1.99. The van der Waals surface area contributed by atoms with E-state index in [1.165, 1.54) is 17.3 Å². The first kappa shape index (κ1) is 19.4. The van der Waals surface area contributed by atoms with Gasteiger partial charge in [0.1, 0.15) is 0 Å². The highest BCUT2D eigenvalue weighted by atomic mass is 35.5. The van der Waals surface area contributed by atoms with Gasteiger partial charge in [-0.1, -0.05) is 60.6 Å². The molecule has 1 heterocycles. The fraction of sp³-hybridized carbons (Fsp3) is 0.263. The number of hydrogen-bond acceptors (Lipinski definition) is 5. The average Bonchev–Trinajstić information content (AvgIpc) is 3.15. The molecular weight excluding hydrogens is 382 g/mol. The molecule has 1 amide bonds. The molecule has 0 saturated heterocycles. The fourth-order valence-electron chi connectivity index (χ4n) is 2.51. The zero-order chi connectivity index (χ0) is 19.2. The van der Waals surface area contributed by atoms with E-state index in [9.17, 15) is 4.79 Å². The van der Waals surface area contributed by atoms with Crippen LogP contribution < -0.4 is 5.32 Å². The number of tetrazole rings is 1. The van der Waals surface area contributed by atoms with Gasteiger partial charge in [-0.3, -0.25) is 4.79 Å². The van der Waals surface area contributed by atoms with Crippen LogP contribution in [0.2, 0.25) is 5.02 Å². The molecule has 0 aliphatic rings. The van der Waals surface area contributed by atoms with Gasteiger partial charge in [0.2, 0.25) is 11.1 Å². The highest BCUT2D eigenvalue weighted by Crippen LogP contribution is 2.24. The molecule has 0 bridgehead atoms. The van der Waals surface area contributed by atoms with Gasteiger partial charge in [0.15, 0.2) is 0 Å². The largest absolute Gasteiger partial charge is 0.355 e. The zero-order valence-corrected chi connectivity index (χ0v) is 16.6. The number of hydrogen-bond donors (Lipinski definition) is 1. The third kappa shape index (κ3) is 5.08. The number of aromatic nitrogens is 4. The summed E-state index contributed by atoms with van der Waals surface area (Å²) in [7, 11) is 0. The van der Waals surface area contributed by atoms with Crippen molar-refractivity contribution in [2.24, 2.45) is 0 Å². The molecule has 3 rings (SSSR count). The molecule has 2 atom stereocenters. The van der Waals surface area contributed by atoms with Crippen molar-refractivity contribution < 1.29 is 4.79 Å². The number of nitrogens with zero attached hydrogens (tertiary/aromatic N) is 4.